The second kappa shape index (κ2) is 6.89. The van der Waals surface area contributed by atoms with Gasteiger partial charge in [0.15, 0.2) is 11.1 Å². The smallest absolute Gasteiger partial charge is 0.186 e. The molecule has 0 bridgehead atoms. The van der Waals surface area contributed by atoms with Gasteiger partial charge < -0.3 is 9.63 Å². The summed E-state index contributed by atoms with van der Waals surface area (Å²) < 4.78 is 5.57. The second-order valence-corrected chi connectivity index (χ2v) is 6.56. The number of hydrogen-bond donors (Lipinski definition) is 0. The van der Waals surface area contributed by atoms with Crippen LogP contribution in [0, 0.1) is 20.8 Å². The summed E-state index contributed by atoms with van der Waals surface area (Å²) in [6.07, 6.45) is 0. The largest absolute Gasteiger partial charge is 0.626 e. The van der Waals surface area contributed by atoms with Crippen molar-refractivity contribution in [3.63, 3.8) is 0 Å². The van der Waals surface area contributed by atoms with Crippen molar-refractivity contribution in [3.05, 3.63) is 58.7 Å². The maximum atomic E-state index is 12.7. The summed E-state index contributed by atoms with van der Waals surface area (Å²) in [5.74, 6) is 2.57. The molecule has 0 saturated heterocycles. The molecule has 0 amide bonds. The van der Waals surface area contributed by atoms with E-state index in [0.29, 0.717) is 12.4 Å². The monoisotopic (exact) mass is 300 g/mol. The SMILES string of the molecule is CCOc1ccccc1[P+]([O-])=Cc1c(C)cc(C)cc1C. The summed E-state index contributed by atoms with van der Waals surface area (Å²) in [6, 6.07) is 11.8. The van der Waals surface area contributed by atoms with Crippen LogP contribution >= 0.6 is 7.77 Å². The van der Waals surface area contributed by atoms with Crippen molar-refractivity contribution in [2.75, 3.05) is 6.61 Å². The van der Waals surface area contributed by atoms with Crippen LogP contribution < -0.4 is 14.9 Å². The Balaban J connectivity index is 2.47. The number of aryl methyl sites for hydroxylation is 3. The third-order valence-electron chi connectivity index (χ3n) is 3.39. The summed E-state index contributed by atoms with van der Waals surface area (Å²) in [7, 11) is -1.63. The van der Waals surface area contributed by atoms with Crippen molar-refractivity contribution < 1.29 is 9.63 Å². The summed E-state index contributed by atoms with van der Waals surface area (Å²) in [5.41, 5.74) is 4.61. The van der Waals surface area contributed by atoms with Gasteiger partial charge in [-0.25, -0.2) is 0 Å². The van der Waals surface area contributed by atoms with Crippen LogP contribution in [0.4, 0.5) is 0 Å². The van der Waals surface area contributed by atoms with Gasteiger partial charge >= 0.3 is 0 Å². The molecule has 2 rings (SSSR count). The van der Waals surface area contributed by atoms with Crippen LogP contribution in [0.5, 0.6) is 5.75 Å². The van der Waals surface area contributed by atoms with Crippen molar-refractivity contribution in [2.24, 2.45) is 0 Å². The lowest BCUT2D eigenvalue weighted by Crippen LogP contribution is -2.12. The summed E-state index contributed by atoms with van der Waals surface area (Å²) in [4.78, 5) is 12.7. The third-order valence-corrected chi connectivity index (χ3v) is 4.72. The molecule has 110 valence electrons. The lowest BCUT2D eigenvalue weighted by Gasteiger charge is -2.09. The van der Waals surface area contributed by atoms with Crippen LogP contribution in [-0.4, -0.2) is 12.4 Å². The lowest BCUT2D eigenvalue weighted by molar-refractivity contribution is -0.149. The molecule has 0 N–H and O–H groups in total. The van der Waals surface area contributed by atoms with E-state index >= 15 is 0 Å². The fourth-order valence-corrected chi connectivity index (χ4v) is 3.87. The highest BCUT2D eigenvalue weighted by Gasteiger charge is 2.13. The Kier molecular flexibility index (Phi) is 5.17. The zero-order chi connectivity index (χ0) is 15.4. The van der Waals surface area contributed by atoms with E-state index in [4.69, 9.17) is 4.74 Å². The first-order valence-corrected chi connectivity index (χ1v) is 8.46. The van der Waals surface area contributed by atoms with Gasteiger partial charge in [0.2, 0.25) is 0 Å². The Morgan fingerprint density at radius 3 is 2.33 bits per heavy atom. The molecule has 2 aromatic rings. The molecular weight excluding hydrogens is 279 g/mol. The van der Waals surface area contributed by atoms with Gasteiger partial charge in [0.25, 0.3) is 0 Å². The molecule has 3 heteroatoms. The van der Waals surface area contributed by atoms with Crippen molar-refractivity contribution >= 4 is 18.9 Å². The van der Waals surface area contributed by atoms with Crippen molar-refractivity contribution in [3.8, 4) is 5.75 Å². The van der Waals surface area contributed by atoms with Gasteiger partial charge in [-0.05, 0) is 51.0 Å². The highest BCUT2D eigenvalue weighted by molar-refractivity contribution is 7.58. The van der Waals surface area contributed by atoms with E-state index < -0.39 is 7.77 Å². The maximum absolute atomic E-state index is 12.7. The Morgan fingerprint density at radius 2 is 1.71 bits per heavy atom. The minimum Gasteiger partial charge on any atom is -0.626 e. The van der Waals surface area contributed by atoms with Crippen molar-refractivity contribution in [1.29, 1.82) is 0 Å². The van der Waals surface area contributed by atoms with E-state index in [1.54, 1.807) is 0 Å². The van der Waals surface area contributed by atoms with Crippen LogP contribution in [0.15, 0.2) is 36.4 Å². The fraction of sp³-hybridized carbons (Fsp3) is 0.278. The van der Waals surface area contributed by atoms with E-state index in [2.05, 4.69) is 32.9 Å². The molecule has 0 aliphatic rings. The minimum absolute atomic E-state index is 0.572. The molecule has 0 fully saturated rings. The molecule has 1 atom stereocenters. The molecule has 0 heterocycles. The van der Waals surface area contributed by atoms with Gasteiger partial charge in [-0.3, -0.25) is 0 Å². The van der Waals surface area contributed by atoms with Crippen LogP contribution in [0.2, 0.25) is 0 Å². The first kappa shape index (κ1) is 15.8. The summed E-state index contributed by atoms with van der Waals surface area (Å²) in [5, 5.41) is 0.758. The number of ether oxygens (including phenoxy) is 1. The number of hydrogen-bond acceptors (Lipinski definition) is 2. The lowest BCUT2D eigenvalue weighted by atomic mass is 10.0. The second-order valence-electron chi connectivity index (χ2n) is 5.17. The molecular formula is C18H21O2P. The predicted molar refractivity (Wildman–Crippen MR) is 90.0 cm³/mol. The number of rotatable bonds is 4. The molecule has 21 heavy (non-hydrogen) atoms. The zero-order valence-electron chi connectivity index (χ0n) is 13.0. The van der Waals surface area contributed by atoms with E-state index in [-0.39, 0.29) is 0 Å². The molecule has 0 aliphatic carbocycles. The predicted octanol–water partition coefficient (Wildman–Crippen LogP) is 3.24. The fourth-order valence-electron chi connectivity index (χ4n) is 2.50. The van der Waals surface area contributed by atoms with E-state index in [0.717, 1.165) is 22.0 Å². The van der Waals surface area contributed by atoms with E-state index in [9.17, 15) is 4.89 Å². The van der Waals surface area contributed by atoms with Crippen LogP contribution in [0.1, 0.15) is 29.2 Å². The number of benzene rings is 2. The third kappa shape index (κ3) is 3.72. The minimum atomic E-state index is -1.63. The van der Waals surface area contributed by atoms with Gasteiger partial charge in [0.05, 0.1) is 14.4 Å². The van der Waals surface area contributed by atoms with Gasteiger partial charge in [0, 0.05) is 5.56 Å². The zero-order valence-corrected chi connectivity index (χ0v) is 13.9. The van der Waals surface area contributed by atoms with Gasteiger partial charge in [0.1, 0.15) is 5.80 Å². The normalized spacial score (nSPS) is 11.6. The molecule has 0 radical (unpaired) electrons. The highest BCUT2D eigenvalue weighted by atomic mass is 31.1. The molecule has 0 spiro atoms. The Bertz CT molecular complexity index is 652. The summed E-state index contributed by atoms with van der Waals surface area (Å²) >= 11 is 0. The van der Waals surface area contributed by atoms with Gasteiger partial charge in [-0.2, -0.15) is 0 Å². The Morgan fingerprint density at radius 1 is 1.10 bits per heavy atom. The van der Waals surface area contributed by atoms with Gasteiger partial charge in [-0.1, -0.05) is 29.8 Å². The van der Waals surface area contributed by atoms with Crippen LogP contribution in [0.25, 0.3) is 0 Å². The standard InChI is InChI=1S/C18H21O2P/c1-5-20-17-8-6-7-9-18(17)21(19)12-16-14(3)10-13(2)11-15(16)4/h6-12H,5H2,1-4H3. The van der Waals surface area contributed by atoms with Gasteiger partial charge in [-0.15, -0.1) is 0 Å². The topological polar surface area (TPSA) is 32.3 Å². The first-order valence-electron chi connectivity index (χ1n) is 7.14. The molecule has 0 saturated carbocycles. The Labute approximate surface area is 127 Å². The Hall–Kier alpha value is -1.63. The van der Waals surface area contributed by atoms with E-state index in [1.807, 2.05) is 37.0 Å². The van der Waals surface area contributed by atoms with Crippen LogP contribution in [-0.2, 0) is 0 Å². The number of para-hydroxylation sites is 1. The molecule has 1 unspecified atom stereocenters. The van der Waals surface area contributed by atoms with E-state index in [1.165, 1.54) is 5.56 Å². The maximum Gasteiger partial charge on any atom is 0.186 e. The van der Waals surface area contributed by atoms with Crippen molar-refractivity contribution in [2.45, 2.75) is 27.7 Å². The summed E-state index contributed by atoms with van der Waals surface area (Å²) in [6.45, 7) is 8.70. The quantitative estimate of drug-likeness (QED) is 0.812. The molecule has 2 nitrogen and oxygen atoms in total. The van der Waals surface area contributed by atoms with Crippen molar-refractivity contribution in [1.82, 2.24) is 0 Å². The van der Waals surface area contributed by atoms with Crippen LogP contribution in [0.3, 0.4) is 0 Å². The molecule has 0 aromatic heterocycles. The molecule has 0 aliphatic heterocycles. The highest BCUT2D eigenvalue weighted by Crippen LogP contribution is 2.23. The molecule has 2 aromatic carbocycles. The average Bonchev–Trinajstić information content (AvgIpc) is 2.43. The first-order chi connectivity index (χ1) is 10.0. The average molecular weight is 300 g/mol.